The molecule has 1 amide bonds. The highest BCUT2D eigenvalue weighted by atomic mass is 16.4. The molecule has 0 fully saturated rings. The molecule has 90 valence electrons. The molecule has 17 heavy (non-hydrogen) atoms. The van der Waals surface area contributed by atoms with Gasteiger partial charge in [-0.25, -0.2) is 4.98 Å². The van der Waals surface area contributed by atoms with Gasteiger partial charge >= 0.3 is 0 Å². The van der Waals surface area contributed by atoms with Gasteiger partial charge in [-0.05, 0) is 20.8 Å². The second-order valence-electron chi connectivity index (χ2n) is 3.92. The average Bonchev–Trinajstić information content (AvgIpc) is 2.75. The number of aromatic amines is 1. The van der Waals surface area contributed by atoms with Crippen molar-refractivity contribution in [3.63, 3.8) is 0 Å². The molecule has 0 radical (unpaired) electrons. The van der Waals surface area contributed by atoms with E-state index >= 15 is 0 Å². The molecule has 2 heterocycles. The first-order valence-electron chi connectivity index (χ1n) is 5.26. The van der Waals surface area contributed by atoms with Gasteiger partial charge in [0.1, 0.15) is 0 Å². The third-order valence-electron chi connectivity index (χ3n) is 2.59. The maximum Gasteiger partial charge on any atom is 0.294 e. The predicted molar refractivity (Wildman–Crippen MR) is 62.0 cm³/mol. The minimum Gasteiger partial charge on any atom is -0.436 e. The average molecular weight is 234 g/mol. The Morgan fingerprint density at radius 3 is 2.47 bits per heavy atom. The maximum atomic E-state index is 11.9. The van der Waals surface area contributed by atoms with Crippen LogP contribution in [0.25, 0.3) is 0 Å². The lowest BCUT2D eigenvalue weighted by Gasteiger charge is -2.00. The number of carbonyl (C=O) groups excluding carboxylic acids is 1. The number of nitrogens with zero attached hydrogens (tertiary/aromatic N) is 2. The summed E-state index contributed by atoms with van der Waals surface area (Å²) in [5.74, 6) is 0.879. The van der Waals surface area contributed by atoms with Gasteiger partial charge in [-0.15, -0.1) is 0 Å². The van der Waals surface area contributed by atoms with Crippen LogP contribution in [0.5, 0.6) is 0 Å². The van der Waals surface area contributed by atoms with Crippen molar-refractivity contribution in [3.05, 3.63) is 28.6 Å². The van der Waals surface area contributed by atoms with E-state index in [-0.39, 0.29) is 11.7 Å². The zero-order valence-corrected chi connectivity index (χ0v) is 10.2. The summed E-state index contributed by atoms with van der Waals surface area (Å²) in [6, 6.07) is 0. The maximum absolute atomic E-state index is 11.9. The van der Waals surface area contributed by atoms with E-state index in [4.69, 9.17) is 4.42 Å². The minimum absolute atomic E-state index is 0.225. The van der Waals surface area contributed by atoms with Crippen LogP contribution in [0.15, 0.2) is 4.42 Å². The molecule has 2 rings (SSSR count). The monoisotopic (exact) mass is 234 g/mol. The molecule has 6 heteroatoms. The number of nitrogens with one attached hydrogen (secondary N) is 2. The molecule has 0 aromatic carbocycles. The Morgan fingerprint density at radius 2 is 2.00 bits per heavy atom. The van der Waals surface area contributed by atoms with Crippen LogP contribution in [0.4, 0.5) is 5.82 Å². The molecule has 6 nitrogen and oxygen atoms in total. The lowest BCUT2D eigenvalue weighted by molar-refractivity contribution is 0.0994. The summed E-state index contributed by atoms with van der Waals surface area (Å²) in [5.41, 5.74) is 2.41. The number of anilines is 1. The van der Waals surface area contributed by atoms with Gasteiger partial charge in [0.25, 0.3) is 5.91 Å². The van der Waals surface area contributed by atoms with Crippen molar-refractivity contribution in [1.29, 1.82) is 0 Å². The standard InChI is InChI=1S/C11H14N4O2/c1-5-6(2)14-15-10(5)13-11(16)9-7(3)12-8(4)17-9/h1-4H3,(H2,13,14,15,16). The van der Waals surface area contributed by atoms with Gasteiger partial charge in [-0.3, -0.25) is 9.89 Å². The highest BCUT2D eigenvalue weighted by molar-refractivity contribution is 6.02. The topological polar surface area (TPSA) is 83.8 Å². The number of H-pyrrole nitrogens is 1. The van der Waals surface area contributed by atoms with Crippen molar-refractivity contribution in [1.82, 2.24) is 15.2 Å². The first-order valence-corrected chi connectivity index (χ1v) is 5.26. The van der Waals surface area contributed by atoms with Gasteiger partial charge in [0.15, 0.2) is 11.7 Å². The summed E-state index contributed by atoms with van der Waals surface area (Å²) in [6.07, 6.45) is 0. The molecule has 0 aliphatic heterocycles. The molecule has 0 spiro atoms. The summed E-state index contributed by atoms with van der Waals surface area (Å²) >= 11 is 0. The van der Waals surface area contributed by atoms with Gasteiger partial charge < -0.3 is 9.73 Å². The van der Waals surface area contributed by atoms with Crippen LogP contribution in [-0.2, 0) is 0 Å². The molecule has 0 atom stereocenters. The fourth-order valence-corrected chi connectivity index (χ4v) is 1.51. The van der Waals surface area contributed by atoms with Crippen LogP contribution in [0.2, 0.25) is 0 Å². The van der Waals surface area contributed by atoms with E-state index in [9.17, 15) is 4.79 Å². The number of carbonyl (C=O) groups is 1. The van der Waals surface area contributed by atoms with Gasteiger partial charge in [-0.2, -0.15) is 5.10 Å². The lowest BCUT2D eigenvalue weighted by atomic mass is 10.2. The van der Waals surface area contributed by atoms with Crippen LogP contribution in [0.1, 0.15) is 33.4 Å². The number of hydrogen-bond donors (Lipinski definition) is 2. The van der Waals surface area contributed by atoms with Gasteiger partial charge in [0, 0.05) is 18.2 Å². The van der Waals surface area contributed by atoms with Crippen molar-refractivity contribution >= 4 is 11.7 Å². The van der Waals surface area contributed by atoms with E-state index in [1.54, 1.807) is 13.8 Å². The molecule has 2 N–H and O–H groups in total. The molecule has 0 bridgehead atoms. The molecule has 0 saturated carbocycles. The molecule has 0 unspecified atom stereocenters. The molecule has 2 aromatic heterocycles. The fourth-order valence-electron chi connectivity index (χ4n) is 1.51. The Morgan fingerprint density at radius 1 is 1.29 bits per heavy atom. The van der Waals surface area contributed by atoms with E-state index in [1.807, 2.05) is 13.8 Å². The smallest absolute Gasteiger partial charge is 0.294 e. The Kier molecular flexibility index (Phi) is 2.71. The number of aromatic nitrogens is 3. The van der Waals surface area contributed by atoms with Crippen LogP contribution >= 0.6 is 0 Å². The van der Waals surface area contributed by atoms with Crippen molar-refractivity contribution in [3.8, 4) is 0 Å². The van der Waals surface area contributed by atoms with E-state index < -0.39 is 0 Å². The Bertz CT molecular complexity index is 568. The van der Waals surface area contributed by atoms with Crippen molar-refractivity contribution in [2.24, 2.45) is 0 Å². The van der Waals surface area contributed by atoms with Crippen LogP contribution < -0.4 is 5.32 Å². The van der Waals surface area contributed by atoms with E-state index in [1.165, 1.54) is 0 Å². The molecular weight excluding hydrogens is 220 g/mol. The van der Waals surface area contributed by atoms with Crippen molar-refractivity contribution in [2.45, 2.75) is 27.7 Å². The third kappa shape index (κ3) is 2.06. The van der Waals surface area contributed by atoms with E-state index in [0.717, 1.165) is 11.3 Å². The molecule has 0 aliphatic rings. The highest BCUT2D eigenvalue weighted by Crippen LogP contribution is 2.16. The number of amides is 1. The Hall–Kier alpha value is -2.11. The quantitative estimate of drug-likeness (QED) is 0.831. The van der Waals surface area contributed by atoms with E-state index in [2.05, 4.69) is 20.5 Å². The zero-order valence-electron chi connectivity index (χ0n) is 10.2. The Labute approximate surface area is 98.4 Å². The zero-order chi connectivity index (χ0) is 12.6. The third-order valence-corrected chi connectivity index (χ3v) is 2.59. The fraction of sp³-hybridized carbons (Fsp3) is 0.364. The first kappa shape index (κ1) is 11.4. The SMILES string of the molecule is Cc1nc(C)c(C(=O)Nc2n[nH]c(C)c2C)o1. The van der Waals surface area contributed by atoms with Crippen LogP contribution in [-0.4, -0.2) is 21.1 Å². The van der Waals surface area contributed by atoms with Gasteiger partial charge in [0.05, 0.1) is 5.69 Å². The summed E-state index contributed by atoms with van der Waals surface area (Å²) in [4.78, 5) is 16.0. The van der Waals surface area contributed by atoms with Gasteiger partial charge in [0.2, 0.25) is 5.76 Å². The van der Waals surface area contributed by atoms with Crippen molar-refractivity contribution in [2.75, 3.05) is 5.32 Å². The molecule has 0 aliphatic carbocycles. The summed E-state index contributed by atoms with van der Waals surface area (Å²) < 4.78 is 5.23. The molecular formula is C11H14N4O2. The number of rotatable bonds is 2. The summed E-state index contributed by atoms with van der Waals surface area (Å²) in [6.45, 7) is 7.20. The molecule has 0 saturated heterocycles. The molecule has 2 aromatic rings. The first-order chi connectivity index (χ1) is 7.99. The highest BCUT2D eigenvalue weighted by Gasteiger charge is 2.18. The Balaban J connectivity index is 2.23. The second-order valence-corrected chi connectivity index (χ2v) is 3.92. The van der Waals surface area contributed by atoms with Crippen molar-refractivity contribution < 1.29 is 9.21 Å². The number of aryl methyl sites for hydroxylation is 3. The largest absolute Gasteiger partial charge is 0.436 e. The number of oxazole rings is 1. The summed E-state index contributed by atoms with van der Waals surface area (Å²) in [7, 11) is 0. The lowest BCUT2D eigenvalue weighted by Crippen LogP contribution is -2.13. The van der Waals surface area contributed by atoms with Crippen LogP contribution in [0, 0.1) is 27.7 Å². The predicted octanol–water partition coefficient (Wildman–Crippen LogP) is 1.88. The van der Waals surface area contributed by atoms with Crippen LogP contribution in [0.3, 0.4) is 0 Å². The summed E-state index contributed by atoms with van der Waals surface area (Å²) in [5, 5.41) is 9.49. The number of hydrogen-bond acceptors (Lipinski definition) is 4. The van der Waals surface area contributed by atoms with E-state index in [0.29, 0.717) is 17.4 Å². The van der Waals surface area contributed by atoms with Gasteiger partial charge in [-0.1, -0.05) is 0 Å². The normalized spacial score (nSPS) is 10.6. The minimum atomic E-state index is -0.335. The second kappa shape index (κ2) is 4.04.